The van der Waals surface area contributed by atoms with Crippen LogP contribution in [0.4, 0.5) is 17.6 Å². The Balaban J connectivity index is 1.50. The lowest BCUT2D eigenvalue weighted by Crippen LogP contribution is -2.59. The van der Waals surface area contributed by atoms with Crippen LogP contribution in [0.3, 0.4) is 0 Å². The van der Waals surface area contributed by atoms with Crippen LogP contribution in [0.5, 0.6) is 0 Å². The van der Waals surface area contributed by atoms with Gasteiger partial charge in [-0.05, 0) is 40.7 Å². The summed E-state index contributed by atoms with van der Waals surface area (Å²) in [4.78, 5) is 34.2. The zero-order chi connectivity index (χ0) is 23.0. The number of anilines is 3. The van der Waals surface area contributed by atoms with Crippen LogP contribution in [0.25, 0.3) is 11.0 Å². The van der Waals surface area contributed by atoms with Crippen molar-refractivity contribution in [3.05, 3.63) is 30.4 Å². The van der Waals surface area contributed by atoms with Crippen LogP contribution >= 0.6 is 0 Å². The quantitative estimate of drug-likeness (QED) is 0.603. The van der Waals surface area contributed by atoms with Crippen molar-refractivity contribution in [1.29, 1.82) is 0 Å². The van der Waals surface area contributed by atoms with Crippen molar-refractivity contribution in [2.45, 2.75) is 46.2 Å². The van der Waals surface area contributed by atoms with Crippen molar-refractivity contribution >= 4 is 34.5 Å². The summed E-state index contributed by atoms with van der Waals surface area (Å²) in [6.07, 6.45) is 3.52. The molecule has 4 heterocycles. The number of hydrogen-bond acceptors (Lipinski definition) is 8. The standard InChI is InChI=1S/C22H31N9O/c1-14(2)31-15(3)26-16-13-25-19(12-17(16)31)27-18-6-7-24-21(28-18)29-8-10-30(11-9-29)22(4,5)20(23)32/h6-7,12-14H,8-11H2,1-5H3,(H2,23,32)(H,24,25,27,28). The number of pyridine rings is 1. The SMILES string of the molecule is Cc1nc2cnc(Nc3ccnc(N4CCN(C(C)(C)C(N)=O)CC4)n3)cc2n1C(C)C. The first-order valence-corrected chi connectivity index (χ1v) is 10.9. The Kier molecular flexibility index (Phi) is 5.72. The molecule has 10 nitrogen and oxygen atoms in total. The highest BCUT2D eigenvalue weighted by molar-refractivity contribution is 5.83. The molecule has 0 aliphatic carbocycles. The summed E-state index contributed by atoms with van der Waals surface area (Å²) < 4.78 is 2.20. The van der Waals surface area contributed by atoms with Crippen LogP contribution < -0.4 is 16.0 Å². The van der Waals surface area contributed by atoms with Crippen molar-refractivity contribution in [1.82, 2.24) is 29.4 Å². The molecule has 3 aromatic heterocycles. The Bertz CT molecular complexity index is 1130. The summed E-state index contributed by atoms with van der Waals surface area (Å²) in [5, 5.41) is 3.30. The molecule has 32 heavy (non-hydrogen) atoms. The Labute approximate surface area is 187 Å². The minimum Gasteiger partial charge on any atom is -0.368 e. The van der Waals surface area contributed by atoms with Gasteiger partial charge in [-0.1, -0.05) is 0 Å². The lowest BCUT2D eigenvalue weighted by atomic mass is 10.0. The fourth-order valence-corrected chi connectivity index (χ4v) is 4.16. The smallest absolute Gasteiger partial charge is 0.237 e. The zero-order valence-electron chi connectivity index (χ0n) is 19.3. The van der Waals surface area contributed by atoms with E-state index in [4.69, 9.17) is 5.73 Å². The number of aromatic nitrogens is 5. The lowest BCUT2D eigenvalue weighted by Gasteiger charge is -2.42. The number of nitrogens with one attached hydrogen (secondary N) is 1. The monoisotopic (exact) mass is 437 g/mol. The fraction of sp³-hybridized carbons (Fsp3) is 0.500. The number of nitrogens with two attached hydrogens (primary N) is 1. The van der Waals surface area contributed by atoms with Gasteiger partial charge >= 0.3 is 0 Å². The predicted octanol–water partition coefficient (Wildman–Crippen LogP) is 2.24. The summed E-state index contributed by atoms with van der Waals surface area (Å²) >= 11 is 0. The number of primary amides is 1. The highest BCUT2D eigenvalue weighted by atomic mass is 16.1. The predicted molar refractivity (Wildman–Crippen MR) is 125 cm³/mol. The van der Waals surface area contributed by atoms with Gasteiger partial charge in [-0.3, -0.25) is 9.69 Å². The number of imidazole rings is 1. The first-order chi connectivity index (χ1) is 15.2. The van der Waals surface area contributed by atoms with Gasteiger partial charge in [0.25, 0.3) is 0 Å². The molecule has 0 spiro atoms. The van der Waals surface area contributed by atoms with E-state index >= 15 is 0 Å². The van der Waals surface area contributed by atoms with E-state index in [-0.39, 0.29) is 5.91 Å². The van der Waals surface area contributed by atoms with E-state index in [1.807, 2.05) is 32.9 Å². The minimum absolute atomic E-state index is 0.305. The molecule has 0 saturated carbocycles. The number of hydrogen-bond donors (Lipinski definition) is 2. The third kappa shape index (κ3) is 4.10. The summed E-state index contributed by atoms with van der Waals surface area (Å²) in [6, 6.07) is 4.13. The second-order valence-corrected chi connectivity index (χ2v) is 8.95. The summed E-state index contributed by atoms with van der Waals surface area (Å²) in [6.45, 7) is 12.9. The van der Waals surface area contributed by atoms with Crippen molar-refractivity contribution < 1.29 is 4.79 Å². The number of aryl methyl sites for hydroxylation is 1. The number of nitrogens with zero attached hydrogens (tertiary/aromatic N) is 7. The van der Waals surface area contributed by atoms with E-state index in [1.165, 1.54) is 0 Å². The maximum atomic E-state index is 11.8. The maximum Gasteiger partial charge on any atom is 0.237 e. The number of rotatable bonds is 6. The van der Waals surface area contributed by atoms with Gasteiger partial charge < -0.3 is 20.5 Å². The van der Waals surface area contributed by atoms with Gasteiger partial charge in [-0.15, -0.1) is 0 Å². The molecule has 1 aliphatic rings. The number of fused-ring (bicyclic) bond motifs is 1. The van der Waals surface area contributed by atoms with E-state index in [1.54, 1.807) is 12.4 Å². The lowest BCUT2D eigenvalue weighted by molar-refractivity contribution is -0.128. The van der Waals surface area contributed by atoms with E-state index in [0.717, 1.165) is 29.9 Å². The molecule has 0 aromatic carbocycles. The molecule has 170 valence electrons. The molecule has 10 heteroatoms. The average Bonchev–Trinajstić information content (AvgIpc) is 3.09. The molecule has 0 radical (unpaired) electrons. The first kappa shape index (κ1) is 21.9. The first-order valence-electron chi connectivity index (χ1n) is 10.9. The van der Waals surface area contributed by atoms with Crippen LogP contribution in [0, 0.1) is 6.92 Å². The average molecular weight is 438 g/mol. The molecular weight excluding hydrogens is 406 g/mol. The van der Waals surface area contributed by atoms with Crippen LogP contribution in [-0.4, -0.2) is 67.0 Å². The Morgan fingerprint density at radius 2 is 1.84 bits per heavy atom. The molecule has 0 atom stereocenters. The topological polar surface area (TPSA) is 118 Å². The molecule has 3 N–H and O–H groups in total. The van der Waals surface area contributed by atoms with Crippen molar-refractivity contribution in [3.63, 3.8) is 0 Å². The largest absolute Gasteiger partial charge is 0.368 e. The summed E-state index contributed by atoms with van der Waals surface area (Å²) in [5.74, 6) is 2.69. The second kappa shape index (κ2) is 8.34. The third-order valence-corrected chi connectivity index (χ3v) is 6.12. The van der Waals surface area contributed by atoms with Gasteiger partial charge in [0.2, 0.25) is 11.9 Å². The highest BCUT2D eigenvalue weighted by Gasteiger charge is 2.35. The van der Waals surface area contributed by atoms with E-state index < -0.39 is 5.54 Å². The van der Waals surface area contributed by atoms with Gasteiger partial charge in [-0.2, -0.15) is 4.98 Å². The number of carbonyl (C=O) groups excluding carboxylic acids is 1. The van der Waals surface area contributed by atoms with Crippen LogP contribution in [-0.2, 0) is 4.79 Å². The molecule has 0 bridgehead atoms. The molecule has 1 saturated heterocycles. The summed E-state index contributed by atoms with van der Waals surface area (Å²) in [7, 11) is 0. The van der Waals surface area contributed by atoms with Crippen LogP contribution in [0.2, 0.25) is 0 Å². The third-order valence-electron chi connectivity index (χ3n) is 6.12. The normalized spacial score (nSPS) is 15.5. The molecule has 1 amide bonds. The molecule has 1 fully saturated rings. The number of carbonyl (C=O) groups is 1. The van der Waals surface area contributed by atoms with Gasteiger partial charge in [0.15, 0.2) is 0 Å². The summed E-state index contributed by atoms with van der Waals surface area (Å²) in [5.41, 5.74) is 6.81. The number of piperazine rings is 1. The van der Waals surface area contributed by atoms with E-state index in [0.29, 0.717) is 36.7 Å². The van der Waals surface area contributed by atoms with Crippen molar-refractivity contribution in [3.8, 4) is 0 Å². The zero-order valence-corrected chi connectivity index (χ0v) is 19.3. The van der Waals surface area contributed by atoms with Gasteiger partial charge in [0.05, 0.1) is 17.3 Å². The van der Waals surface area contributed by atoms with E-state index in [2.05, 4.69) is 53.5 Å². The molecule has 4 rings (SSSR count). The minimum atomic E-state index is -0.665. The van der Waals surface area contributed by atoms with Crippen LogP contribution in [0.15, 0.2) is 24.5 Å². The fourth-order valence-electron chi connectivity index (χ4n) is 4.16. The molecule has 1 aliphatic heterocycles. The maximum absolute atomic E-state index is 11.8. The Morgan fingerprint density at radius 3 is 2.50 bits per heavy atom. The molecule has 3 aromatic rings. The van der Waals surface area contributed by atoms with Crippen molar-refractivity contribution in [2.75, 3.05) is 36.4 Å². The Hall–Kier alpha value is -3.27. The molecule has 0 unspecified atom stereocenters. The number of amides is 1. The van der Waals surface area contributed by atoms with Crippen LogP contribution in [0.1, 0.15) is 39.6 Å². The van der Waals surface area contributed by atoms with Gasteiger partial charge in [-0.25, -0.2) is 15.0 Å². The second-order valence-electron chi connectivity index (χ2n) is 8.95. The van der Waals surface area contributed by atoms with Gasteiger partial charge in [0, 0.05) is 44.5 Å². The van der Waals surface area contributed by atoms with Gasteiger partial charge in [0.1, 0.15) is 23.0 Å². The van der Waals surface area contributed by atoms with E-state index in [9.17, 15) is 4.79 Å². The highest BCUT2D eigenvalue weighted by Crippen LogP contribution is 2.24. The Morgan fingerprint density at radius 1 is 1.12 bits per heavy atom. The molecular formula is C22H31N9O. The van der Waals surface area contributed by atoms with Crippen molar-refractivity contribution in [2.24, 2.45) is 5.73 Å².